The first-order valence-electron chi connectivity index (χ1n) is 5.22. The summed E-state index contributed by atoms with van der Waals surface area (Å²) < 4.78 is 6.61. The Labute approximate surface area is 105 Å². The Morgan fingerprint density at radius 2 is 2.00 bits per heavy atom. The van der Waals surface area contributed by atoms with Crippen LogP contribution in [-0.4, -0.2) is 11.9 Å². The van der Waals surface area contributed by atoms with E-state index in [1.165, 1.54) is 0 Å². The molecule has 1 aromatic rings. The Hall–Kier alpha value is -1.03. The van der Waals surface area contributed by atoms with Gasteiger partial charge in [0.1, 0.15) is 11.6 Å². The molecule has 4 heteroatoms. The summed E-state index contributed by atoms with van der Waals surface area (Å²) in [4.78, 5) is 0. The Morgan fingerprint density at radius 1 is 1.38 bits per heavy atom. The van der Waals surface area contributed by atoms with Gasteiger partial charge in [-0.15, -0.1) is 0 Å². The van der Waals surface area contributed by atoms with Gasteiger partial charge >= 0.3 is 0 Å². The molecule has 1 rings (SSSR count). The third kappa shape index (κ3) is 3.23. The molecule has 88 valence electrons. The number of ether oxygens (including phenoxy) is 1. The van der Waals surface area contributed by atoms with Crippen LogP contribution < -0.4 is 10.5 Å². The summed E-state index contributed by atoms with van der Waals surface area (Å²) in [6.07, 6.45) is 0.152. The molecule has 0 spiro atoms. The van der Waals surface area contributed by atoms with E-state index < -0.39 is 0 Å². The van der Waals surface area contributed by atoms with Gasteiger partial charge in [0.05, 0.1) is 10.6 Å². The van der Waals surface area contributed by atoms with E-state index in [2.05, 4.69) is 29.8 Å². The third-order valence-electron chi connectivity index (χ3n) is 2.49. The van der Waals surface area contributed by atoms with Gasteiger partial charge in [0.15, 0.2) is 0 Å². The number of hydrogen-bond acceptors (Lipinski definition) is 2. The largest absolute Gasteiger partial charge is 0.489 e. The summed E-state index contributed by atoms with van der Waals surface area (Å²) in [5, 5.41) is 7.33. The molecule has 0 aliphatic rings. The van der Waals surface area contributed by atoms with Crippen LogP contribution in [0.25, 0.3) is 0 Å². The molecule has 0 aromatic heterocycles. The molecule has 0 aliphatic carbocycles. The van der Waals surface area contributed by atoms with Crippen LogP contribution >= 0.6 is 15.9 Å². The number of nitrogen functional groups attached to an aromatic ring is 1. The SMILES string of the molecule is CC(C)C(C)Oc1ccc(C(=N)N)cc1Br. The van der Waals surface area contributed by atoms with Crippen molar-refractivity contribution in [2.45, 2.75) is 26.9 Å². The number of halogens is 1. The molecule has 16 heavy (non-hydrogen) atoms. The van der Waals surface area contributed by atoms with E-state index in [1.54, 1.807) is 12.1 Å². The zero-order valence-corrected chi connectivity index (χ0v) is 11.3. The summed E-state index contributed by atoms with van der Waals surface area (Å²) >= 11 is 3.42. The average molecular weight is 285 g/mol. The van der Waals surface area contributed by atoms with Gasteiger partial charge in [0.2, 0.25) is 0 Å². The average Bonchev–Trinajstić information content (AvgIpc) is 2.20. The molecule has 0 saturated carbocycles. The maximum absolute atomic E-state index is 7.33. The summed E-state index contributed by atoms with van der Waals surface area (Å²) in [5.74, 6) is 1.30. The van der Waals surface area contributed by atoms with Crippen LogP contribution in [0.2, 0.25) is 0 Å². The van der Waals surface area contributed by atoms with Crippen molar-refractivity contribution in [1.82, 2.24) is 0 Å². The quantitative estimate of drug-likeness (QED) is 0.659. The minimum absolute atomic E-state index is 0.0594. The molecule has 1 atom stereocenters. The molecular weight excluding hydrogens is 268 g/mol. The Balaban J connectivity index is 2.87. The van der Waals surface area contributed by atoms with E-state index in [0.29, 0.717) is 11.5 Å². The standard InChI is InChI=1S/C12H17BrN2O/c1-7(2)8(3)16-11-5-4-9(12(14)15)6-10(11)13/h4-8H,1-3H3,(H3,14,15). The highest BCUT2D eigenvalue weighted by Gasteiger charge is 2.11. The number of amidine groups is 1. The lowest BCUT2D eigenvalue weighted by atomic mass is 10.1. The van der Waals surface area contributed by atoms with Gasteiger partial charge in [0, 0.05) is 5.56 Å². The first kappa shape index (κ1) is 13.0. The summed E-state index contributed by atoms with van der Waals surface area (Å²) in [7, 11) is 0. The van der Waals surface area contributed by atoms with Crippen LogP contribution in [0.5, 0.6) is 5.75 Å². The second-order valence-electron chi connectivity index (χ2n) is 4.13. The van der Waals surface area contributed by atoms with Crippen LogP contribution in [0.1, 0.15) is 26.3 Å². The number of rotatable bonds is 4. The summed E-state index contributed by atoms with van der Waals surface area (Å²) in [5.41, 5.74) is 6.09. The Kier molecular flexibility index (Phi) is 4.35. The van der Waals surface area contributed by atoms with Crippen LogP contribution in [0.3, 0.4) is 0 Å². The van der Waals surface area contributed by atoms with Crippen molar-refractivity contribution >= 4 is 21.8 Å². The van der Waals surface area contributed by atoms with Crippen molar-refractivity contribution in [3.8, 4) is 5.75 Å². The van der Waals surface area contributed by atoms with Crippen molar-refractivity contribution in [2.24, 2.45) is 11.7 Å². The predicted octanol–water partition coefficient (Wildman–Crippen LogP) is 3.16. The molecule has 0 radical (unpaired) electrons. The molecule has 3 N–H and O–H groups in total. The zero-order chi connectivity index (χ0) is 12.3. The van der Waals surface area contributed by atoms with Gasteiger partial charge in [0.25, 0.3) is 0 Å². The van der Waals surface area contributed by atoms with E-state index in [9.17, 15) is 0 Å². The lowest BCUT2D eigenvalue weighted by Crippen LogP contribution is -2.19. The molecule has 1 unspecified atom stereocenters. The fourth-order valence-corrected chi connectivity index (χ4v) is 1.57. The number of nitrogens with one attached hydrogen (secondary N) is 1. The molecule has 0 heterocycles. The Morgan fingerprint density at radius 3 is 2.44 bits per heavy atom. The van der Waals surface area contributed by atoms with Crippen molar-refractivity contribution in [3.63, 3.8) is 0 Å². The van der Waals surface area contributed by atoms with Crippen molar-refractivity contribution in [2.75, 3.05) is 0 Å². The van der Waals surface area contributed by atoms with E-state index in [1.807, 2.05) is 13.0 Å². The molecule has 0 amide bonds. The maximum Gasteiger partial charge on any atom is 0.133 e. The smallest absolute Gasteiger partial charge is 0.133 e. The van der Waals surface area contributed by atoms with Crippen LogP contribution in [0, 0.1) is 11.3 Å². The molecule has 0 bridgehead atoms. The molecule has 0 fully saturated rings. The minimum atomic E-state index is 0.0594. The lowest BCUT2D eigenvalue weighted by molar-refractivity contribution is 0.169. The van der Waals surface area contributed by atoms with Crippen molar-refractivity contribution in [3.05, 3.63) is 28.2 Å². The topological polar surface area (TPSA) is 59.1 Å². The van der Waals surface area contributed by atoms with E-state index in [0.717, 1.165) is 10.2 Å². The highest BCUT2D eigenvalue weighted by Crippen LogP contribution is 2.27. The number of hydrogen-bond donors (Lipinski definition) is 2. The zero-order valence-electron chi connectivity index (χ0n) is 9.75. The van der Waals surface area contributed by atoms with Crippen LogP contribution in [0.4, 0.5) is 0 Å². The van der Waals surface area contributed by atoms with E-state index in [-0.39, 0.29) is 11.9 Å². The van der Waals surface area contributed by atoms with Gasteiger partial charge in [-0.05, 0) is 47.0 Å². The monoisotopic (exact) mass is 284 g/mol. The minimum Gasteiger partial charge on any atom is -0.489 e. The van der Waals surface area contributed by atoms with Gasteiger partial charge in [-0.25, -0.2) is 0 Å². The van der Waals surface area contributed by atoms with Crippen LogP contribution in [0.15, 0.2) is 22.7 Å². The lowest BCUT2D eigenvalue weighted by Gasteiger charge is -2.19. The first-order chi connectivity index (χ1) is 7.41. The number of nitrogens with two attached hydrogens (primary N) is 1. The van der Waals surface area contributed by atoms with Crippen molar-refractivity contribution in [1.29, 1.82) is 5.41 Å². The highest BCUT2D eigenvalue weighted by molar-refractivity contribution is 9.10. The second-order valence-corrected chi connectivity index (χ2v) is 4.98. The van der Waals surface area contributed by atoms with Crippen molar-refractivity contribution < 1.29 is 4.74 Å². The molecule has 1 aromatic carbocycles. The molecule has 0 saturated heterocycles. The third-order valence-corrected chi connectivity index (χ3v) is 3.11. The second kappa shape index (κ2) is 5.34. The first-order valence-corrected chi connectivity index (χ1v) is 6.01. The predicted molar refractivity (Wildman–Crippen MR) is 70.1 cm³/mol. The normalized spacial score (nSPS) is 12.6. The van der Waals surface area contributed by atoms with Crippen LogP contribution in [-0.2, 0) is 0 Å². The van der Waals surface area contributed by atoms with Gasteiger partial charge in [-0.2, -0.15) is 0 Å². The Bertz CT molecular complexity index is 391. The summed E-state index contributed by atoms with van der Waals surface area (Å²) in [6, 6.07) is 5.42. The molecular formula is C12H17BrN2O. The van der Waals surface area contributed by atoms with E-state index >= 15 is 0 Å². The highest BCUT2D eigenvalue weighted by atomic mass is 79.9. The van der Waals surface area contributed by atoms with Gasteiger partial charge in [-0.3, -0.25) is 5.41 Å². The number of benzene rings is 1. The van der Waals surface area contributed by atoms with Gasteiger partial charge in [-0.1, -0.05) is 13.8 Å². The van der Waals surface area contributed by atoms with Gasteiger partial charge < -0.3 is 10.5 Å². The summed E-state index contributed by atoms with van der Waals surface area (Å²) in [6.45, 7) is 6.26. The fraction of sp³-hybridized carbons (Fsp3) is 0.417. The van der Waals surface area contributed by atoms with E-state index in [4.69, 9.17) is 15.9 Å². The molecule has 0 aliphatic heterocycles. The fourth-order valence-electron chi connectivity index (χ4n) is 1.10. The molecule has 3 nitrogen and oxygen atoms in total. The maximum atomic E-state index is 7.33.